The minimum absolute atomic E-state index is 0.0136. The molecule has 1 amide bonds. The lowest BCUT2D eigenvalue weighted by Gasteiger charge is -2.25. The molecular weight excluding hydrogens is 257 g/mol. The van der Waals surface area contributed by atoms with Gasteiger partial charge in [0.25, 0.3) is 0 Å². The Morgan fingerprint density at radius 2 is 2.05 bits per heavy atom. The van der Waals surface area contributed by atoms with Crippen molar-refractivity contribution in [3.05, 3.63) is 35.1 Å². The van der Waals surface area contributed by atoms with Crippen LogP contribution in [-0.2, 0) is 4.79 Å². The largest absolute Gasteiger partial charge is 0.332 e. The zero-order valence-electron chi connectivity index (χ0n) is 12.1. The SMILES string of the molecule is Cc1cc(C(=O)C2CCCN2C(=O)C(C)C)ccc1F. The summed E-state index contributed by atoms with van der Waals surface area (Å²) in [7, 11) is 0. The number of halogens is 1. The Bertz CT molecular complexity index is 539. The number of hydrogen-bond acceptors (Lipinski definition) is 2. The Morgan fingerprint density at radius 3 is 2.65 bits per heavy atom. The highest BCUT2D eigenvalue weighted by Crippen LogP contribution is 2.24. The number of likely N-dealkylation sites (tertiary alicyclic amines) is 1. The topological polar surface area (TPSA) is 37.4 Å². The fraction of sp³-hybridized carbons (Fsp3) is 0.500. The summed E-state index contributed by atoms with van der Waals surface area (Å²) < 4.78 is 13.3. The summed E-state index contributed by atoms with van der Waals surface area (Å²) in [6.07, 6.45) is 1.53. The van der Waals surface area contributed by atoms with Crippen LogP contribution < -0.4 is 0 Å². The molecule has 4 heteroatoms. The number of carbonyl (C=O) groups is 2. The molecule has 0 spiro atoms. The van der Waals surface area contributed by atoms with Gasteiger partial charge < -0.3 is 4.90 Å². The van der Waals surface area contributed by atoms with Gasteiger partial charge in [-0.15, -0.1) is 0 Å². The molecule has 20 heavy (non-hydrogen) atoms. The van der Waals surface area contributed by atoms with E-state index < -0.39 is 6.04 Å². The molecule has 1 heterocycles. The Labute approximate surface area is 118 Å². The van der Waals surface area contributed by atoms with Crippen LogP contribution in [0.15, 0.2) is 18.2 Å². The molecule has 0 aliphatic carbocycles. The monoisotopic (exact) mass is 277 g/mol. The van der Waals surface area contributed by atoms with Crippen molar-refractivity contribution in [2.24, 2.45) is 5.92 Å². The standard InChI is InChI=1S/C16H20FNO2/c1-10(2)16(20)18-8-4-5-14(18)15(19)12-6-7-13(17)11(3)9-12/h6-7,9-10,14H,4-5,8H2,1-3H3. The lowest BCUT2D eigenvalue weighted by Crippen LogP contribution is -2.42. The number of hydrogen-bond donors (Lipinski definition) is 0. The van der Waals surface area contributed by atoms with Crippen LogP contribution in [-0.4, -0.2) is 29.2 Å². The van der Waals surface area contributed by atoms with Gasteiger partial charge in [0.15, 0.2) is 5.78 Å². The lowest BCUT2D eigenvalue weighted by molar-refractivity contribution is -0.134. The van der Waals surface area contributed by atoms with E-state index in [2.05, 4.69) is 0 Å². The van der Waals surface area contributed by atoms with Crippen LogP contribution in [0.2, 0.25) is 0 Å². The minimum atomic E-state index is -0.394. The third kappa shape index (κ3) is 2.74. The predicted octanol–water partition coefficient (Wildman–Crippen LogP) is 2.96. The summed E-state index contributed by atoms with van der Waals surface area (Å²) in [6, 6.07) is 3.98. The number of nitrogens with zero attached hydrogens (tertiary/aromatic N) is 1. The van der Waals surface area contributed by atoms with Crippen LogP contribution in [0.5, 0.6) is 0 Å². The third-order valence-electron chi connectivity index (χ3n) is 3.77. The van der Waals surface area contributed by atoms with Gasteiger partial charge in [-0.25, -0.2) is 4.39 Å². The number of rotatable bonds is 3. The smallest absolute Gasteiger partial charge is 0.225 e. The van der Waals surface area contributed by atoms with Gasteiger partial charge in [0.1, 0.15) is 5.82 Å². The number of amides is 1. The first-order valence-electron chi connectivity index (χ1n) is 7.02. The van der Waals surface area contributed by atoms with Crippen LogP contribution in [0.3, 0.4) is 0 Å². The van der Waals surface area contributed by atoms with Crippen LogP contribution in [0, 0.1) is 18.7 Å². The summed E-state index contributed by atoms with van der Waals surface area (Å²) in [4.78, 5) is 26.3. The Balaban J connectivity index is 2.23. The van der Waals surface area contributed by atoms with E-state index in [4.69, 9.17) is 0 Å². The molecule has 2 rings (SSSR count). The van der Waals surface area contributed by atoms with Crippen LogP contribution in [0.25, 0.3) is 0 Å². The fourth-order valence-electron chi connectivity index (χ4n) is 2.63. The molecule has 0 bridgehead atoms. The highest BCUT2D eigenvalue weighted by molar-refractivity contribution is 6.02. The third-order valence-corrected chi connectivity index (χ3v) is 3.77. The highest BCUT2D eigenvalue weighted by Gasteiger charge is 2.35. The van der Waals surface area contributed by atoms with E-state index in [9.17, 15) is 14.0 Å². The second kappa shape index (κ2) is 5.73. The van der Waals surface area contributed by atoms with Gasteiger partial charge >= 0.3 is 0 Å². The van der Waals surface area contributed by atoms with Gasteiger partial charge in [-0.2, -0.15) is 0 Å². The van der Waals surface area contributed by atoms with E-state index in [1.807, 2.05) is 13.8 Å². The lowest BCUT2D eigenvalue weighted by atomic mass is 9.99. The fourth-order valence-corrected chi connectivity index (χ4v) is 2.63. The first-order chi connectivity index (χ1) is 9.41. The predicted molar refractivity (Wildman–Crippen MR) is 75.0 cm³/mol. The van der Waals surface area contributed by atoms with Gasteiger partial charge in [0, 0.05) is 18.0 Å². The first-order valence-corrected chi connectivity index (χ1v) is 7.02. The molecule has 0 aromatic heterocycles. The van der Waals surface area contributed by atoms with Crippen molar-refractivity contribution < 1.29 is 14.0 Å². The number of carbonyl (C=O) groups excluding carboxylic acids is 2. The van der Waals surface area contributed by atoms with Crippen LogP contribution in [0.1, 0.15) is 42.6 Å². The molecule has 1 atom stereocenters. The van der Waals surface area contributed by atoms with Crippen molar-refractivity contribution in [2.75, 3.05) is 6.54 Å². The van der Waals surface area contributed by atoms with Crippen molar-refractivity contribution in [1.82, 2.24) is 4.90 Å². The number of benzene rings is 1. The maximum absolute atomic E-state index is 13.3. The molecule has 1 aliphatic heterocycles. The van der Waals surface area contributed by atoms with Crippen LogP contribution >= 0.6 is 0 Å². The second-order valence-corrected chi connectivity index (χ2v) is 5.67. The summed E-state index contributed by atoms with van der Waals surface area (Å²) in [5.41, 5.74) is 0.938. The number of Topliss-reactive ketones (excluding diaryl/α,β-unsaturated/α-hetero) is 1. The van der Waals surface area contributed by atoms with Crippen molar-refractivity contribution >= 4 is 11.7 Å². The summed E-state index contributed by atoms with van der Waals surface area (Å²) in [5, 5.41) is 0. The van der Waals surface area contributed by atoms with Crippen molar-refractivity contribution in [2.45, 2.75) is 39.7 Å². The molecule has 0 N–H and O–H groups in total. The number of aryl methyl sites for hydroxylation is 1. The molecular formula is C16H20FNO2. The molecule has 1 aromatic carbocycles. The molecule has 1 unspecified atom stereocenters. The highest BCUT2D eigenvalue weighted by atomic mass is 19.1. The van der Waals surface area contributed by atoms with E-state index in [0.717, 1.165) is 6.42 Å². The molecule has 1 aromatic rings. The zero-order chi connectivity index (χ0) is 14.9. The van der Waals surface area contributed by atoms with Crippen molar-refractivity contribution in [3.8, 4) is 0 Å². The van der Waals surface area contributed by atoms with Crippen LogP contribution in [0.4, 0.5) is 4.39 Å². The maximum atomic E-state index is 13.3. The van der Waals surface area contributed by atoms with Gasteiger partial charge in [0.2, 0.25) is 5.91 Å². The van der Waals surface area contributed by atoms with Gasteiger partial charge in [-0.3, -0.25) is 9.59 Å². The molecule has 1 aliphatic rings. The zero-order valence-corrected chi connectivity index (χ0v) is 12.1. The average Bonchev–Trinajstić information content (AvgIpc) is 2.89. The number of ketones is 1. The molecule has 0 saturated carbocycles. The Morgan fingerprint density at radius 1 is 1.35 bits per heavy atom. The molecule has 108 valence electrons. The summed E-state index contributed by atoms with van der Waals surface area (Å²) in [6.45, 7) is 5.94. The minimum Gasteiger partial charge on any atom is -0.332 e. The Kier molecular flexibility index (Phi) is 4.21. The Hall–Kier alpha value is -1.71. The molecule has 1 fully saturated rings. The molecule has 3 nitrogen and oxygen atoms in total. The molecule has 0 radical (unpaired) electrons. The van der Waals surface area contributed by atoms with E-state index in [1.54, 1.807) is 17.9 Å². The van der Waals surface area contributed by atoms with E-state index in [1.165, 1.54) is 12.1 Å². The van der Waals surface area contributed by atoms with E-state index in [-0.39, 0.29) is 23.4 Å². The summed E-state index contributed by atoms with van der Waals surface area (Å²) >= 11 is 0. The average molecular weight is 277 g/mol. The molecule has 1 saturated heterocycles. The van der Waals surface area contributed by atoms with E-state index in [0.29, 0.717) is 24.1 Å². The van der Waals surface area contributed by atoms with Crippen molar-refractivity contribution in [1.29, 1.82) is 0 Å². The van der Waals surface area contributed by atoms with Crippen molar-refractivity contribution in [3.63, 3.8) is 0 Å². The second-order valence-electron chi connectivity index (χ2n) is 5.67. The quantitative estimate of drug-likeness (QED) is 0.797. The van der Waals surface area contributed by atoms with Gasteiger partial charge in [-0.1, -0.05) is 13.8 Å². The summed E-state index contributed by atoms with van der Waals surface area (Å²) in [5.74, 6) is -0.499. The van der Waals surface area contributed by atoms with Gasteiger partial charge in [0.05, 0.1) is 6.04 Å². The normalized spacial score (nSPS) is 18.6. The first kappa shape index (κ1) is 14.7. The van der Waals surface area contributed by atoms with Gasteiger partial charge in [-0.05, 0) is 43.5 Å². The van der Waals surface area contributed by atoms with E-state index >= 15 is 0 Å². The maximum Gasteiger partial charge on any atom is 0.225 e.